The molecule has 0 bridgehead atoms. The van der Waals surface area contributed by atoms with Crippen molar-refractivity contribution in [1.82, 2.24) is 10.2 Å². The second kappa shape index (κ2) is 6.23. The first-order valence-corrected chi connectivity index (χ1v) is 4.58. The van der Waals surface area contributed by atoms with E-state index in [0.717, 1.165) is 0 Å². The largest absolute Gasteiger partial charge is 0.342 e. The molecule has 0 aliphatic rings. The monoisotopic (exact) mass is 196 g/mol. The van der Waals surface area contributed by atoms with Gasteiger partial charge < -0.3 is 0 Å². The van der Waals surface area contributed by atoms with E-state index in [4.69, 9.17) is 0 Å². The molecule has 10 heavy (non-hydrogen) atoms. The van der Waals surface area contributed by atoms with E-state index in [1.165, 1.54) is 0 Å². The summed E-state index contributed by atoms with van der Waals surface area (Å²) in [6.07, 6.45) is 0. The van der Waals surface area contributed by atoms with E-state index in [9.17, 15) is 16.8 Å². The van der Waals surface area contributed by atoms with Gasteiger partial charge in [-0.05, 0) is 0 Å². The Morgan fingerprint density at radius 3 is 1.30 bits per heavy atom. The molecular formula is C2H6F4N2P2. The second-order valence-electron chi connectivity index (χ2n) is 1.28. The van der Waals surface area contributed by atoms with Crippen LogP contribution < -0.4 is 10.2 Å². The summed E-state index contributed by atoms with van der Waals surface area (Å²) in [7, 11) is -6.32. The summed E-state index contributed by atoms with van der Waals surface area (Å²) < 4.78 is 45.2. The highest BCUT2D eigenvalue weighted by atomic mass is 31.2. The van der Waals surface area contributed by atoms with Crippen molar-refractivity contribution in [3.8, 4) is 0 Å². The first-order valence-electron chi connectivity index (χ1n) is 2.33. The van der Waals surface area contributed by atoms with Crippen LogP contribution >= 0.6 is 17.4 Å². The zero-order chi connectivity index (χ0) is 7.98. The number of nitrogens with one attached hydrogen (secondary N) is 2. The average Bonchev–Trinajstić information content (AvgIpc) is 1.79. The van der Waals surface area contributed by atoms with Gasteiger partial charge in [0.05, 0.1) is 0 Å². The zero-order valence-corrected chi connectivity index (χ0v) is 6.61. The van der Waals surface area contributed by atoms with Gasteiger partial charge in [0, 0.05) is 13.1 Å². The lowest BCUT2D eigenvalue weighted by Crippen LogP contribution is -2.18. The molecule has 0 aliphatic carbocycles. The maximum Gasteiger partial charge on any atom is 0.342 e. The van der Waals surface area contributed by atoms with Gasteiger partial charge in [-0.3, -0.25) is 0 Å². The van der Waals surface area contributed by atoms with E-state index in [0.29, 0.717) is 0 Å². The second-order valence-corrected chi connectivity index (χ2v) is 2.85. The fourth-order valence-corrected chi connectivity index (χ4v) is 0.843. The summed E-state index contributed by atoms with van der Waals surface area (Å²) in [5.74, 6) is 0. The number of hydrogen-bond acceptors (Lipinski definition) is 2. The third-order valence-electron chi connectivity index (χ3n) is 0.588. The van der Waals surface area contributed by atoms with Crippen molar-refractivity contribution in [2.24, 2.45) is 0 Å². The average molecular weight is 196 g/mol. The summed E-state index contributed by atoms with van der Waals surface area (Å²) in [5, 5.41) is 3.49. The van der Waals surface area contributed by atoms with Crippen LogP contribution in [0.5, 0.6) is 0 Å². The number of hydrogen-bond donors (Lipinski definition) is 2. The van der Waals surface area contributed by atoms with Crippen LogP contribution in [-0.4, -0.2) is 13.1 Å². The van der Waals surface area contributed by atoms with E-state index in [-0.39, 0.29) is 13.1 Å². The lowest BCUT2D eigenvalue weighted by molar-refractivity contribution is 0.668. The molecule has 0 aromatic carbocycles. The van der Waals surface area contributed by atoms with E-state index >= 15 is 0 Å². The zero-order valence-electron chi connectivity index (χ0n) is 4.82. The molecule has 0 aliphatic heterocycles. The first-order chi connectivity index (χ1) is 4.63. The molecule has 0 spiro atoms. The Labute approximate surface area is 58.5 Å². The van der Waals surface area contributed by atoms with Crippen LogP contribution in [0.1, 0.15) is 0 Å². The van der Waals surface area contributed by atoms with Crippen molar-refractivity contribution in [2.75, 3.05) is 13.1 Å². The topological polar surface area (TPSA) is 24.1 Å². The van der Waals surface area contributed by atoms with Crippen LogP contribution in [-0.2, 0) is 0 Å². The van der Waals surface area contributed by atoms with Gasteiger partial charge in [0.15, 0.2) is 0 Å². The van der Waals surface area contributed by atoms with Crippen LogP contribution in [0.3, 0.4) is 0 Å². The molecule has 0 saturated heterocycles. The predicted octanol–water partition coefficient (Wildman–Crippen LogP) is 2.50. The van der Waals surface area contributed by atoms with E-state index in [2.05, 4.69) is 0 Å². The standard InChI is InChI=1S/C2H6F4N2P2/c3-9(4)7-1-2-8-10(5)6/h7-8H,1-2H2. The fraction of sp³-hybridized carbons (Fsp3) is 1.00. The Morgan fingerprint density at radius 1 is 0.800 bits per heavy atom. The fourth-order valence-electron chi connectivity index (χ4n) is 0.281. The number of halogens is 4. The molecule has 0 aromatic rings. The SMILES string of the molecule is FP(F)NCCNP(F)F. The van der Waals surface area contributed by atoms with E-state index in [1.807, 2.05) is 0 Å². The molecule has 0 radical (unpaired) electrons. The molecule has 62 valence electrons. The van der Waals surface area contributed by atoms with Gasteiger partial charge in [-0.1, -0.05) is 0 Å². The highest BCUT2D eigenvalue weighted by Gasteiger charge is 2.04. The molecular weight excluding hydrogens is 190 g/mol. The van der Waals surface area contributed by atoms with Gasteiger partial charge in [-0.2, -0.15) is 16.8 Å². The highest BCUT2D eigenvalue weighted by Crippen LogP contribution is 2.33. The molecule has 0 atom stereocenters. The maximum atomic E-state index is 11.3. The molecule has 0 amide bonds. The van der Waals surface area contributed by atoms with Crippen molar-refractivity contribution in [3.05, 3.63) is 0 Å². The normalized spacial score (nSPS) is 11.4. The maximum absolute atomic E-state index is 11.3. The molecule has 2 nitrogen and oxygen atoms in total. The quantitative estimate of drug-likeness (QED) is 0.401. The van der Waals surface area contributed by atoms with Gasteiger partial charge in [0.2, 0.25) is 0 Å². The van der Waals surface area contributed by atoms with E-state index in [1.54, 1.807) is 10.2 Å². The molecule has 2 N–H and O–H groups in total. The van der Waals surface area contributed by atoms with Crippen LogP contribution in [0, 0.1) is 0 Å². The van der Waals surface area contributed by atoms with Gasteiger partial charge >= 0.3 is 17.4 Å². The Morgan fingerprint density at radius 2 is 1.10 bits per heavy atom. The molecule has 0 rings (SSSR count). The lowest BCUT2D eigenvalue weighted by Gasteiger charge is -2.01. The van der Waals surface area contributed by atoms with Crippen LogP contribution in [0.2, 0.25) is 0 Å². The smallest absolute Gasteiger partial charge is 0.242 e. The summed E-state index contributed by atoms with van der Waals surface area (Å²) in [5.41, 5.74) is 0. The highest BCUT2D eigenvalue weighted by molar-refractivity contribution is 7.44. The molecule has 0 fully saturated rings. The minimum Gasteiger partial charge on any atom is -0.242 e. The number of rotatable bonds is 5. The van der Waals surface area contributed by atoms with Crippen LogP contribution in [0.15, 0.2) is 0 Å². The molecule has 8 heteroatoms. The predicted molar refractivity (Wildman–Crippen MR) is 34.3 cm³/mol. The third-order valence-corrected chi connectivity index (χ3v) is 1.51. The molecule has 0 aromatic heterocycles. The summed E-state index contributed by atoms with van der Waals surface area (Å²) in [6, 6.07) is 0. The summed E-state index contributed by atoms with van der Waals surface area (Å²) in [4.78, 5) is 0. The molecule has 0 unspecified atom stereocenters. The minimum absolute atomic E-state index is 0.120. The Bertz CT molecular complexity index is 71.7. The van der Waals surface area contributed by atoms with Gasteiger partial charge in [0.1, 0.15) is 0 Å². The van der Waals surface area contributed by atoms with Crippen molar-refractivity contribution in [3.63, 3.8) is 0 Å². The van der Waals surface area contributed by atoms with Crippen molar-refractivity contribution in [2.45, 2.75) is 0 Å². The molecule has 0 heterocycles. The lowest BCUT2D eigenvalue weighted by atomic mass is 10.7. The Hall–Kier alpha value is 0.500. The van der Waals surface area contributed by atoms with Gasteiger partial charge in [-0.25, -0.2) is 10.2 Å². The molecule has 0 saturated carbocycles. The summed E-state index contributed by atoms with van der Waals surface area (Å²) in [6.45, 7) is -0.239. The summed E-state index contributed by atoms with van der Waals surface area (Å²) >= 11 is 0. The Kier molecular flexibility index (Phi) is 6.54. The van der Waals surface area contributed by atoms with Crippen molar-refractivity contribution < 1.29 is 16.8 Å². The van der Waals surface area contributed by atoms with Crippen molar-refractivity contribution >= 4 is 17.4 Å². The van der Waals surface area contributed by atoms with Gasteiger partial charge in [0.25, 0.3) is 0 Å². The minimum atomic E-state index is -3.16. The van der Waals surface area contributed by atoms with Crippen molar-refractivity contribution in [1.29, 1.82) is 0 Å². The van der Waals surface area contributed by atoms with E-state index < -0.39 is 17.4 Å². The first kappa shape index (κ1) is 10.5. The third kappa shape index (κ3) is 8.50. The van der Waals surface area contributed by atoms with Gasteiger partial charge in [-0.15, -0.1) is 0 Å². The van der Waals surface area contributed by atoms with Crippen LogP contribution in [0.25, 0.3) is 0 Å². The Balaban J connectivity index is 2.91. The van der Waals surface area contributed by atoms with Crippen LogP contribution in [0.4, 0.5) is 16.8 Å².